The predicted octanol–water partition coefficient (Wildman–Crippen LogP) is 4.19. The van der Waals surface area contributed by atoms with E-state index in [0.717, 1.165) is 12.1 Å². The van der Waals surface area contributed by atoms with Crippen molar-refractivity contribution in [2.24, 2.45) is 5.10 Å². The minimum absolute atomic E-state index is 0.0982. The van der Waals surface area contributed by atoms with Gasteiger partial charge in [-0.15, -0.1) is 0 Å². The Morgan fingerprint density at radius 2 is 1.93 bits per heavy atom. The van der Waals surface area contributed by atoms with Gasteiger partial charge in [0.05, 0.1) is 31.4 Å². The standard InChI is InChI=1S/C20H21F3N2O3/c1-13(2)28-19-15(7-5-9-17(19)27-3)12-24-25-18(26)11-14-6-4-8-16(10-14)20(21,22)23/h4-10,12-13H,11H2,1-3H3,(H,25,26)/b24-12+. The van der Waals surface area contributed by atoms with Gasteiger partial charge in [-0.1, -0.05) is 24.3 Å². The van der Waals surface area contributed by atoms with E-state index in [1.54, 1.807) is 18.2 Å². The van der Waals surface area contributed by atoms with Crippen LogP contribution < -0.4 is 14.9 Å². The predicted molar refractivity (Wildman–Crippen MR) is 99.6 cm³/mol. The van der Waals surface area contributed by atoms with Crippen LogP contribution in [-0.4, -0.2) is 25.3 Å². The van der Waals surface area contributed by atoms with E-state index in [2.05, 4.69) is 10.5 Å². The van der Waals surface area contributed by atoms with Crippen molar-refractivity contribution in [2.45, 2.75) is 32.5 Å². The third-order valence-corrected chi connectivity index (χ3v) is 3.59. The number of methoxy groups -OCH3 is 1. The van der Waals surface area contributed by atoms with Crippen molar-refractivity contribution in [3.63, 3.8) is 0 Å². The fraction of sp³-hybridized carbons (Fsp3) is 0.300. The molecule has 2 aromatic carbocycles. The molecule has 0 spiro atoms. The first kappa shape index (κ1) is 21.3. The summed E-state index contributed by atoms with van der Waals surface area (Å²) in [5.41, 5.74) is 2.34. The molecule has 5 nitrogen and oxygen atoms in total. The molecule has 0 fully saturated rings. The number of nitrogens with zero attached hydrogens (tertiary/aromatic N) is 1. The number of hydrazone groups is 1. The van der Waals surface area contributed by atoms with Crippen LogP contribution >= 0.6 is 0 Å². The molecule has 0 saturated carbocycles. The normalized spacial score (nSPS) is 11.7. The lowest BCUT2D eigenvalue weighted by Gasteiger charge is -2.15. The number of benzene rings is 2. The molecule has 0 aliphatic carbocycles. The Labute approximate surface area is 161 Å². The quantitative estimate of drug-likeness (QED) is 0.566. The maximum Gasteiger partial charge on any atom is 0.416 e. The number of carbonyl (C=O) groups excluding carboxylic acids is 1. The summed E-state index contributed by atoms with van der Waals surface area (Å²) >= 11 is 0. The van der Waals surface area contributed by atoms with Crippen LogP contribution in [0.1, 0.15) is 30.5 Å². The van der Waals surface area contributed by atoms with E-state index in [1.807, 2.05) is 13.8 Å². The molecule has 2 aromatic rings. The molecule has 0 aliphatic heterocycles. The summed E-state index contributed by atoms with van der Waals surface area (Å²) in [5.74, 6) is 0.466. The van der Waals surface area contributed by atoms with Gasteiger partial charge in [0.2, 0.25) is 5.91 Å². The van der Waals surface area contributed by atoms with Gasteiger partial charge in [0.15, 0.2) is 11.5 Å². The van der Waals surface area contributed by atoms with Gasteiger partial charge in [0, 0.05) is 5.56 Å². The van der Waals surface area contributed by atoms with Crippen molar-refractivity contribution in [3.8, 4) is 11.5 Å². The molecule has 0 aromatic heterocycles. The van der Waals surface area contributed by atoms with Crippen LogP contribution in [0.2, 0.25) is 0 Å². The van der Waals surface area contributed by atoms with Crippen molar-refractivity contribution in [1.82, 2.24) is 5.43 Å². The Hall–Kier alpha value is -3.03. The zero-order valence-corrected chi connectivity index (χ0v) is 15.7. The highest BCUT2D eigenvalue weighted by Crippen LogP contribution is 2.31. The van der Waals surface area contributed by atoms with Crippen LogP contribution in [0.15, 0.2) is 47.6 Å². The summed E-state index contributed by atoms with van der Waals surface area (Å²) in [4.78, 5) is 12.0. The third-order valence-electron chi connectivity index (χ3n) is 3.59. The van der Waals surface area contributed by atoms with Crippen LogP contribution in [0.3, 0.4) is 0 Å². The van der Waals surface area contributed by atoms with Gasteiger partial charge in [0.25, 0.3) is 0 Å². The number of hydrogen-bond acceptors (Lipinski definition) is 4. The monoisotopic (exact) mass is 394 g/mol. The van der Waals surface area contributed by atoms with Crippen LogP contribution in [0, 0.1) is 0 Å². The summed E-state index contributed by atoms with van der Waals surface area (Å²) < 4.78 is 49.2. The highest BCUT2D eigenvalue weighted by atomic mass is 19.4. The molecule has 150 valence electrons. The number of alkyl halides is 3. The van der Waals surface area contributed by atoms with Gasteiger partial charge >= 0.3 is 6.18 Å². The summed E-state index contributed by atoms with van der Waals surface area (Å²) in [7, 11) is 1.51. The fourth-order valence-corrected chi connectivity index (χ4v) is 2.41. The van der Waals surface area contributed by atoms with Gasteiger partial charge in [-0.05, 0) is 37.6 Å². The number of ether oxygens (including phenoxy) is 2. The highest BCUT2D eigenvalue weighted by Gasteiger charge is 2.30. The second kappa shape index (κ2) is 9.25. The molecule has 0 atom stereocenters. The molecule has 0 heterocycles. The lowest BCUT2D eigenvalue weighted by Crippen LogP contribution is -2.20. The number of nitrogens with one attached hydrogen (secondary N) is 1. The van der Waals surface area contributed by atoms with Crippen molar-refractivity contribution in [1.29, 1.82) is 0 Å². The Morgan fingerprint density at radius 3 is 2.57 bits per heavy atom. The SMILES string of the molecule is COc1cccc(/C=N/NC(=O)Cc2cccc(C(F)(F)F)c2)c1OC(C)C. The van der Waals surface area contributed by atoms with Crippen molar-refractivity contribution in [3.05, 3.63) is 59.2 Å². The Bertz CT molecular complexity index is 849. The van der Waals surface area contributed by atoms with Crippen LogP contribution in [0.5, 0.6) is 11.5 Å². The number of hydrogen-bond donors (Lipinski definition) is 1. The average molecular weight is 394 g/mol. The molecule has 0 saturated heterocycles. The summed E-state index contributed by atoms with van der Waals surface area (Å²) in [6.07, 6.45) is -3.39. The van der Waals surface area contributed by atoms with Gasteiger partial charge in [-0.2, -0.15) is 18.3 Å². The van der Waals surface area contributed by atoms with E-state index < -0.39 is 17.6 Å². The first-order valence-electron chi connectivity index (χ1n) is 8.52. The molecule has 0 radical (unpaired) electrons. The molecular formula is C20H21F3N2O3. The summed E-state index contributed by atoms with van der Waals surface area (Å²) in [6.45, 7) is 3.73. The number of amides is 1. The van der Waals surface area contributed by atoms with E-state index in [0.29, 0.717) is 17.1 Å². The second-order valence-corrected chi connectivity index (χ2v) is 6.21. The minimum Gasteiger partial charge on any atom is -0.493 e. The highest BCUT2D eigenvalue weighted by molar-refractivity contribution is 5.86. The Balaban J connectivity index is 2.06. The number of para-hydroxylation sites is 1. The Kier molecular flexibility index (Phi) is 7.03. The molecule has 2 rings (SSSR count). The molecule has 0 aliphatic rings. The number of rotatable bonds is 7. The van der Waals surface area contributed by atoms with E-state index >= 15 is 0 Å². The lowest BCUT2D eigenvalue weighted by atomic mass is 10.1. The average Bonchev–Trinajstić information content (AvgIpc) is 2.62. The van der Waals surface area contributed by atoms with E-state index in [4.69, 9.17) is 9.47 Å². The van der Waals surface area contributed by atoms with Crippen LogP contribution in [0.25, 0.3) is 0 Å². The molecular weight excluding hydrogens is 373 g/mol. The van der Waals surface area contributed by atoms with Gasteiger partial charge in [-0.3, -0.25) is 4.79 Å². The number of halogens is 3. The zero-order valence-electron chi connectivity index (χ0n) is 15.7. The first-order valence-corrected chi connectivity index (χ1v) is 8.52. The third kappa shape index (κ3) is 6.00. The largest absolute Gasteiger partial charge is 0.493 e. The van der Waals surface area contributed by atoms with Crippen molar-refractivity contribution in [2.75, 3.05) is 7.11 Å². The smallest absolute Gasteiger partial charge is 0.416 e. The molecule has 28 heavy (non-hydrogen) atoms. The molecule has 0 bridgehead atoms. The minimum atomic E-state index is -4.45. The summed E-state index contributed by atoms with van der Waals surface area (Å²) in [5, 5.41) is 3.87. The topological polar surface area (TPSA) is 59.9 Å². The molecule has 1 N–H and O–H groups in total. The van der Waals surface area contributed by atoms with E-state index in [9.17, 15) is 18.0 Å². The van der Waals surface area contributed by atoms with Crippen LogP contribution in [0.4, 0.5) is 13.2 Å². The van der Waals surface area contributed by atoms with E-state index in [1.165, 1.54) is 25.5 Å². The maximum absolute atomic E-state index is 12.7. The fourth-order valence-electron chi connectivity index (χ4n) is 2.41. The summed E-state index contributed by atoms with van der Waals surface area (Å²) in [6, 6.07) is 9.84. The molecule has 8 heteroatoms. The van der Waals surface area contributed by atoms with Gasteiger partial charge < -0.3 is 9.47 Å². The molecule has 0 unspecified atom stereocenters. The second-order valence-electron chi connectivity index (χ2n) is 6.21. The lowest BCUT2D eigenvalue weighted by molar-refractivity contribution is -0.137. The van der Waals surface area contributed by atoms with E-state index in [-0.39, 0.29) is 18.1 Å². The molecule has 1 amide bonds. The Morgan fingerprint density at radius 1 is 1.21 bits per heavy atom. The first-order chi connectivity index (χ1) is 13.2. The van der Waals surface area contributed by atoms with Gasteiger partial charge in [0.1, 0.15) is 0 Å². The van der Waals surface area contributed by atoms with Crippen LogP contribution in [-0.2, 0) is 17.4 Å². The van der Waals surface area contributed by atoms with Crippen molar-refractivity contribution >= 4 is 12.1 Å². The van der Waals surface area contributed by atoms with Gasteiger partial charge in [-0.25, -0.2) is 5.43 Å². The zero-order chi connectivity index (χ0) is 20.7. The maximum atomic E-state index is 12.7. The number of carbonyl (C=O) groups is 1. The van der Waals surface area contributed by atoms with Crippen molar-refractivity contribution < 1.29 is 27.4 Å².